The lowest BCUT2D eigenvalue weighted by Gasteiger charge is -2.07. The molecule has 17 heavy (non-hydrogen) atoms. The molecule has 0 heterocycles. The molecule has 4 nitrogen and oxygen atoms in total. The fourth-order valence-electron chi connectivity index (χ4n) is 1.52. The Morgan fingerprint density at radius 2 is 2.12 bits per heavy atom. The summed E-state index contributed by atoms with van der Waals surface area (Å²) >= 11 is 0. The molecule has 0 saturated heterocycles. The highest BCUT2D eigenvalue weighted by Crippen LogP contribution is 2.15. The van der Waals surface area contributed by atoms with Crippen molar-refractivity contribution in [2.45, 2.75) is 52.0 Å². The summed E-state index contributed by atoms with van der Waals surface area (Å²) in [6, 6.07) is -0.738. The molecule has 1 amide bonds. The molecule has 96 valence electrons. The van der Waals surface area contributed by atoms with Gasteiger partial charge in [-0.2, -0.15) is 0 Å². The zero-order chi connectivity index (χ0) is 13.3. The first-order valence-corrected chi connectivity index (χ1v) is 5.92. The van der Waals surface area contributed by atoms with Crippen LogP contribution in [0.5, 0.6) is 0 Å². The highest BCUT2D eigenvalue weighted by molar-refractivity contribution is 5.81. The van der Waals surface area contributed by atoms with Crippen molar-refractivity contribution in [2.24, 2.45) is 10.9 Å². The smallest absolute Gasteiger partial charge is 0.302 e. The molecule has 0 aromatic heterocycles. The van der Waals surface area contributed by atoms with Crippen LogP contribution in [0.3, 0.4) is 0 Å². The van der Waals surface area contributed by atoms with E-state index in [-0.39, 0.29) is 0 Å². The Bertz CT molecular complexity index is 309. The average Bonchev–Trinajstić information content (AvgIpc) is 2.32. The zero-order valence-electron chi connectivity index (χ0n) is 10.7. The molecule has 0 aliphatic rings. The van der Waals surface area contributed by atoms with Gasteiger partial charge in [-0.15, -0.1) is 4.91 Å². The number of nitrogens with zero attached hydrogens (tertiary/aromatic N) is 1. The van der Waals surface area contributed by atoms with Crippen molar-refractivity contribution in [1.29, 1.82) is 0 Å². The predicted molar refractivity (Wildman–Crippen MR) is 70.4 cm³/mol. The Hall–Kier alpha value is -1.29. The predicted octanol–water partition coefficient (Wildman–Crippen LogP) is 3.08. The molecule has 0 aromatic rings. The van der Waals surface area contributed by atoms with E-state index in [1.54, 1.807) is 0 Å². The number of amides is 1. The summed E-state index contributed by atoms with van der Waals surface area (Å²) in [5.41, 5.74) is 7.97. The molecule has 0 fully saturated rings. The van der Waals surface area contributed by atoms with Crippen LogP contribution in [0.4, 0.5) is 0 Å². The van der Waals surface area contributed by atoms with Crippen molar-refractivity contribution in [3.63, 3.8) is 0 Å². The van der Waals surface area contributed by atoms with Gasteiger partial charge in [-0.05, 0) is 39.5 Å². The van der Waals surface area contributed by atoms with Crippen LogP contribution in [-0.4, -0.2) is 11.9 Å². The number of nitrogens with two attached hydrogens (primary N) is 1. The van der Waals surface area contributed by atoms with Crippen LogP contribution in [0.2, 0.25) is 0 Å². The molecule has 0 aliphatic heterocycles. The fourth-order valence-corrected chi connectivity index (χ4v) is 1.52. The van der Waals surface area contributed by atoms with Crippen LogP contribution in [0.25, 0.3) is 0 Å². The van der Waals surface area contributed by atoms with Gasteiger partial charge < -0.3 is 5.73 Å². The summed E-state index contributed by atoms with van der Waals surface area (Å²) in [5, 5.41) is 2.31. The van der Waals surface area contributed by atoms with Crippen molar-refractivity contribution in [3.05, 3.63) is 28.7 Å². The van der Waals surface area contributed by atoms with Crippen LogP contribution in [0.1, 0.15) is 46.0 Å². The van der Waals surface area contributed by atoms with Gasteiger partial charge in [-0.25, -0.2) is 0 Å². The van der Waals surface area contributed by atoms with E-state index in [1.807, 2.05) is 6.92 Å². The Morgan fingerprint density at radius 3 is 2.65 bits per heavy atom. The Labute approximate surface area is 103 Å². The van der Waals surface area contributed by atoms with Crippen LogP contribution in [0.15, 0.2) is 29.0 Å². The van der Waals surface area contributed by atoms with Crippen molar-refractivity contribution >= 4 is 5.91 Å². The largest absolute Gasteiger partial charge is 0.320 e. The second-order valence-corrected chi connectivity index (χ2v) is 4.34. The molecule has 1 atom stereocenters. The first kappa shape index (κ1) is 15.7. The third-order valence-corrected chi connectivity index (χ3v) is 2.72. The lowest BCUT2D eigenvalue weighted by molar-refractivity contribution is -0.119. The molecule has 0 saturated carbocycles. The number of carbonyl (C=O) groups excluding carboxylic acids is 1. The van der Waals surface area contributed by atoms with E-state index < -0.39 is 11.9 Å². The van der Waals surface area contributed by atoms with Gasteiger partial charge >= 0.3 is 5.91 Å². The lowest BCUT2D eigenvalue weighted by atomic mass is 10.0. The summed E-state index contributed by atoms with van der Waals surface area (Å²) in [6.07, 6.45) is 6.21. The number of allylic oxidation sites excluding steroid dienone is 3. The van der Waals surface area contributed by atoms with E-state index in [4.69, 9.17) is 5.73 Å². The molecule has 0 spiro atoms. The van der Waals surface area contributed by atoms with E-state index in [0.717, 1.165) is 25.7 Å². The monoisotopic (exact) mass is 238 g/mol. The first-order chi connectivity index (χ1) is 8.01. The van der Waals surface area contributed by atoms with Crippen LogP contribution < -0.4 is 5.73 Å². The molecule has 2 N–H and O–H groups in total. The normalized spacial score (nSPS) is 13.2. The Morgan fingerprint density at radius 1 is 1.47 bits per heavy atom. The highest BCUT2D eigenvalue weighted by atomic mass is 16.3. The van der Waals surface area contributed by atoms with E-state index in [9.17, 15) is 9.70 Å². The second kappa shape index (κ2) is 8.82. The van der Waals surface area contributed by atoms with Crippen LogP contribution in [0, 0.1) is 4.91 Å². The third kappa shape index (κ3) is 7.58. The minimum absolute atomic E-state index is 0.514. The highest BCUT2D eigenvalue weighted by Gasteiger charge is 2.12. The molecular weight excluding hydrogens is 216 g/mol. The summed E-state index contributed by atoms with van der Waals surface area (Å²) in [7, 11) is 0. The van der Waals surface area contributed by atoms with Crippen LogP contribution >= 0.6 is 0 Å². The number of unbranched alkanes of at least 4 members (excludes halogenated alkanes) is 1. The lowest BCUT2D eigenvalue weighted by Crippen LogP contribution is -2.28. The number of rotatable bonds is 8. The molecule has 4 heteroatoms. The summed E-state index contributed by atoms with van der Waals surface area (Å²) < 4.78 is 0. The summed E-state index contributed by atoms with van der Waals surface area (Å²) in [4.78, 5) is 20.7. The van der Waals surface area contributed by atoms with E-state index in [1.165, 1.54) is 11.1 Å². The zero-order valence-corrected chi connectivity index (χ0v) is 10.7. The average molecular weight is 238 g/mol. The van der Waals surface area contributed by atoms with Crippen molar-refractivity contribution in [2.75, 3.05) is 0 Å². The Balaban J connectivity index is 3.68. The molecule has 0 aromatic carbocycles. The second-order valence-electron chi connectivity index (χ2n) is 4.34. The maximum absolute atomic E-state index is 10.8. The van der Waals surface area contributed by atoms with Gasteiger partial charge in [-0.1, -0.05) is 30.2 Å². The quantitative estimate of drug-likeness (QED) is 0.401. The van der Waals surface area contributed by atoms with E-state index in [0.29, 0.717) is 6.42 Å². The van der Waals surface area contributed by atoms with Gasteiger partial charge in [0, 0.05) is 5.18 Å². The number of hydrogen-bond acceptors (Lipinski definition) is 3. The Kier molecular flexibility index (Phi) is 8.15. The standard InChI is InChI=1S/C13H22N2O2/c1-4-10(2)9-11(3)7-5-6-8-12(14)13(16)15-17/h4,12H,3,5-9,14H2,1-2H3/b10-4+. The molecular formula is C13H22N2O2. The third-order valence-electron chi connectivity index (χ3n) is 2.72. The van der Waals surface area contributed by atoms with Crippen molar-refractivity contribution in [3.8, 4) is 0 Å². The molecule has 0 aliphatic carbocycles. The SMILES string of the molecule is C=C(CCCCC(N)C(=O)N=O)C/C(C)=C/C. The van der Waals surface area contributed by atoms with Gasteiger partial charge in [-0.3, -0.25) is 4.79 Å². The van der Waals surface area contributed by atoms with Crippen molar-refractivity contribution < 1.29 is 4.79 Å². The molecule has 0 bridgehead atoms. The summed E-state index contributed by atoms with van der Waals surface area (Å²) in [6.45, 7) is 8.10. The van der Waals surface area contributed by atoms with Gasteiger partial charge in [0.1, 0.15) is 0 Å². The number of nitroso groups, excluding NO2 is 1. The van der Waals surface area contributed by atoms with E-state index in [2.05, 4.69) is 24.8 Å². The molecule has 0 radical (unpaired) electrons. The maximum Gasteiger partial charge on any atom is 0.302 e. The van der Waals surface area contributed by atoms with Crippen molar-refractivity contribution in [1.82, 2.24) is 0 Å². The molecule has 0 rings (SSSR count). The molecule has 1 unspecified atom stereocenters. The maximum atomic E-state index is 10.8. The topological polar surface area (TPSA) is 72.5 Å². The minimum atomic E-state index is -0.756. The fraction of sp³-hybridized carbons (Fsp3) is 0.615. The van der Waals surface area contributed by atoms with Gasteiger partial charge in [0.05, 0.1) is 6.04 Å². The number of hydrogen-bond donors (Lipinski definition) is 1. The minimum Gasteiger partial charge on any atom is -0.320 e. The van der Waals surface area contributed by atoms with Crippen LogP contribution in [-0.2, 0) is 4.79 Å². The first-order valence-electron chi connectivity index (χ1n) is 5.92. The van der Waals surface area contributed by atoms with E-state index >= 15 is 0 Å². The number of carbonyl (C=O) groups is 1. The summed E-state index contributed by atoms with van der Waals surface area (Å²) in [5.74, 6) is -0.756. The van der Waals surface area contributed by atoms with Gasteiger partial charge in [0.25, 0.3) is 0 Å². The van der Waals surface area contributed by atoms with Gasteiger partial charge in [0.2, 0.25) is 0 Å². The van der Waals surface area contributed by atoms with Gasteiger partial charge in [0.15, 0.2) is 0 Å².